The molecule has 9 heteroatoms. The minimum absolute atomic E-state index is 0.113. The topological polar surface area (TPSA) is 86.8 Å². The third-order valence-electron chi connectivity index (χ3n) is 6.10. The minimum atomic E-state index is -3.74. The highest BCUT2D eigenvalue weighted by atomic mass is 35.5. The number of carbonyl (C=O) groups excluding carboxylic acids is 2. The first-order chi connectivity index (χ1) is 16.0. The van der Waals surface area contributed by atoms with E-state index in [9.17, 15) is 18.0 Å². The van der Waals surface area contributed by atoms with Gasteiger partial charge in [0.2, 0.25) is 21.8 Å². The van der Waals surface area contributed by atoms with Crippen molar-refractivity contribution in [1.82, 2.24) is 10.2 Å². The van der Waals surface area contributed by atoms with Crippen LogP contribution >= 0.6 is 11.6 Å². The maximum absolute atomic E-state index is 13.5. The molecule has 3 rings (SSSR count). The van der Waals surface area contributed by atoms with Gasteiger partial charge in [0.25, 0.3) is 0 Å². The largest absolute Gasteiger partial charge is 0.352 e. The summed E-state index contributed by atoms with van der Waals surface area (Å²) in [6.07, 6.45) is 5.08. The molecule has 0 heterocycles. The van der Waals surface area contributed by atoms with E-state index in [4.69, 9.17) is 11.6 Å². The second-order valence-electron chi connectivity index (χ2n) is 8.92. The molecule has 184 valence electrons. The van der Waals surface area contributed by atoms with Crippen LogP contribution in [0.3, 0.4) is 0 Å². The molecule has 0 radical (unpaired) electrons. The van der Waals surface area contributed by atoms with E-state index in [0.29, 0.717) is 10.7 Å². The number of benzene rings is 2. The Balaban J connectivity index is 1.87. The molecule has 0 unspecified atom stereocenters. The van der Waals surface area contributed by atoms with Gasteiger partial charge in [0.15, 0.2) is 0 Å². The molecule has 1 aliphatic rings. The lowest BCUT2D eigenvalue weighted by atomic mass is 10.1. The number of rotatable bonds is 9. The smallest absolute Gasteiger partial charge is 0.244 e. The summed E-state index contributed by atoms with van der Waals surface area (Å²) in [6, 6.07) is 13.3. The molecule has 0 spiro atoms. The van der Waals surface area contributed by atoms with E-state index >= 15 is 0 Å². The molecule has 2 amide bonds. The highest BCUT2D eigenvalue weighted by Crippen LogP contribution is 2.21. The Kier molecular flexibility index (Phi) is 8.60. The van der Waals surface area contributed by atoms with Gasteiger partial charge in [-0.15, -0.1) is 0 Å². The summed E-state index contributed by atoms with van der Waals surface area (Å²) in [4.78, 5) is 28.0. The van der Waals surface area contributed by atoms with Crippen molar-refractivity contribution >= 4 is 39.1 Å². The summed E-state index contributed by atoms with van der Waals surface area (Å²) in [5, 5.41) is 3.61. The van der Waals surface area contributed by atoms with Crippen LogP contribution in [0.25, 0.3) is 0 Å². The van der Waals surface area contributed by atoms with Crippen LogP contribution < -0.4 is 9.62 Å². The summed E-state index contributed by atoms with van der Waals surface area (Å²) in [7, 11) is -3.74. The average Bonchev–Trinajstić information content (AvgIpc) is 3.28. The molecule has 0 bridgehead atoms. The maximum Gasteiger partial charge on any atom is 0.244 e. The molecule has 2 aromatic rings. The first-order valence-corrected chi connectivity index (χ1v) is 13.7. The Morgan fingerprint density at radius 2 is 1.76 bits per heavy atom. The fourth-order valence-electron chi connectivity index (χ4n) is 4.16. The average molecular weight is 506 g/mol. The standard InChI is InChI=1S/C25H32ClN3O4S/c1-18-7-6-10-23(15-18)29(34(3,32)33)17-24(30)28(16-20-11-13-21(26)14-12-20)19(2)25(31)27-22-8-4-5-9-22/h6-7,10-15,19,22H,4-5,8-9,16-17H2,1-3H3,(H,27,31)/t19-/m1/s1. The van der Waals surface area contributed by atoms with Crippen molar-refractivity contribution in [1.29, 1.82) is 0 Å². The molecule has 0 aliphatic heterocycles. The lowest BCUT2D eigenvalue weighted by Crippen LogP contribution is -2.52. The lowest BCUT2D eigenvalue weighted by Gasteiger charge is -2.32. The summed E-state index contributed by atoms with van der Waals surface area (Å²) >= 11 is 6.00. The van der Waals surface area contributed by atoms with Gasteiger partial charge in [-0.1, -0.05) is 48.7 Å². The van der Waals surface area contributed by atoms with E-state index in [0.717, 1.165) is 47.4 Å². The summed E-state index contributed by atoms with van der Waals surface area (Å²) in [5.41, 5.74) is 2.08. The van der Waals surface area contributed by atoms with E-state index in [1.165, 1.54) is 4.90 Å². The number of sulfonamides is 1. The lowest BCUT2D eigenvalue weighted by molar-refractivity contribution is -0.139. The highest BCUT2D eigenvalue weighted by Gasteiger charge is 2.31. The van der Waals surface area contributed by atoms with Gasteiger partial charge in [0, 0.05) is 17.6 Å². The van der Waals surface area contributed by atoms with Crippen molar-refractivity contribution in [3.8, 4) is 0 Å². The van der Waals surface area contributed by atoms with Crippen LogP contribution in [0.2, 0.25) is 5.02 Å². The Labute approximate surface area is 207 Å². The SMILES string of the molecule is Cc1cccc(N(CC(=O)N(Cc2ccc(Cl)cc2)[C@H](C)C(=O)NC2CCCC2)S(C)(=O)=O)c1. The first-order valence-electron chi connectivity index (χ1n) is 11.4. The van der Waals surface area contributed by atoms with Gasteiger partial charge < -0.3 is 10.2 Å². The van der Waals surface area contributed by atoms with E-state index in [2.05, 4.69) is 5.32 Å². The van der Waals surface area contributed by atoms with Crippen LogP contribution in [0.5, 0.6) is 0 Å². The van der Waals surface area contributed by atoms with Crippen molar-refractivity contribution in [3.63, 3.8) is 0 Å². The minimum Gasteiger partial charge on any atom is -0.352 e. The summed E-state index contributed by atoms with van der Waals surface area (Å²) in [5.74, 6) is -0.702. The molecule has 7 nitrogen and oxygen atoms in total. The van der Waals surface area contributed by atoms with E-state index in [-0.39, 0.29) is 18.5 Å². The molecule has 1 fully saturated rings. The van der Waals surface area contributed by atoms with Crippen LogP contribution in [0.15, 0.2) is 48.5 Å². The first kappa shape index (κ1) is 26.0. The van der Waals surface area contributed by atoms with Crippen molar-refractivity contribution in [2.24, 2.45) is 0 Å². The number of amides is 2. The summed E-state index contributed by atoms with van der Waals surface area (Å²) < 4.78 is 26.3. The molecule has 2 aromatic carbocycles. The second-order valence-corrected chi connectivity index (χ2v) is 11.3. The third-order valence-corrected chi connectivity index (χ3v) is 7.50. The number of aryl methyl sites for hydroxylation is 1. The van der Waals surface area contributed by atoms with Crippen molar-refractivity contribution < 1.29 is 18.0 Å². The number of anilines is 1. The zero-order valence-electron chi connectivity index (χ0n) is 19.8. The van der Waals surface area contributed by atoms with Gasteiger partial charge in [-0.25, -0.2) is 8.42 Å². The number of nitrogens with one attached hydrogen (secondary N) is 1. The zero-order chi connectivity index (χ0) is 24.9. The number of hydrogen-bond acceptors (Lipinski definition) is 4. The fraction of sp³-hybridized carbons (Fsp3) is 0.440. The monoisotopic (exact) mass is 505 g/mol. The van der Waals surface area contributed by atoms with Crippen LogP contribution in [-0.4, -0.2) is 50.0 Å². The summed E-state index contributed by atoms with van der Waals surface area (Å²) in [6.45, 7) is 3.28. The van der Waals surface area contributed by atoms with Crippen LogP contribution in [0.4, 0.5) is 5.69 Å². The molecule has 0 saturated heterocycles. The fourth-order valence-corrected chi connectivity index (χ4v) is 5.13. The predicted molar refractivity (Wildman–Crippen MR) is 135 cm³/mol. The highest BCUT2D eigenvalue weighted by molar-refractivity contribution is 7.92. The van der Waals surface area contributed by atoms with E-state index in [1.54, 1.807) is 49.4 Å². The van der Waals surface area contributed by atoms with E-state index < -0.39 is 28.5 Å². The number of halogens is 1. The second kappa shape index (κ2) is 11.2. The maximum atomic E-state index is 13.5. The van der Waals surface area contributed by atoms with Gasteiger partial charge in [-0.3, -0.25) is 13.9 Å². The van der Waals surface area contributed by atoms with Gasteiger partial charge in [-0.05, 0) is 62.1 Å². The molecular formula is C25H32ClN3O4S. The number of carbonyl (C=O) groups is 2. The van der Waals surface area contributed by atoms with E-state index in [1.807, 2.05) is 13.0 Å². The molecule has 1 atom stereocenters. The van der Waals surface area contributed by atoms with Crippen molar-refractivity contribution in [2.45, 2.75) is 58.2 Å². The van der Waals surface area contributed by atoms with Gasteiger partial charge >= 0.3 is 0 Å². The van der Waals surface area contributed by atoms with Crippen LogP contribution in [0, 0.1) is 6.92 Å². The molecule has 0 aromatic heterocycles. The number of nitrogens with zero attached hydrogens (tertiary/aromatic N) is 2. The van der Waals surface area contributed by atoms with Crippen LogP contribution in [0.1, 0.15) is 43.7 Å². The van der Waals surface area contributed by atoms with Crippen LogP contribution in [-0.2, 0) is 26.2 Å². The predicted octanol–water partition coefficient (Wildman–Crippen LogP) is 3.89. The molecular weight excluding hydrogens is 474 g/mol. The number of hydrogen-bond donors (Lipinski definition) is 1. The Morgan fingerprint density at radius 1 is 1.12 bits per heavy atom. The Morgan fingerprint density at radius 3 is 2.35 bits per heavy atom. The molecule has 1 saturated carbocycles. The van der Waals surface area contributed by atoms with Crippen molar-refractivity contribution in [2.75, 3.05) is 17.1 Å². The van der Waals surface area contributed by atoms with Gasteiger partial charge in [0.1, 0.15) is 12.6 Å². The Hall–Kier alpha value is -2.58. The normalized spacial score (nSPS) is 15.1. The van der Waals surface area contributed by atoms with Gasteiger partial charge in [-0.2, -0.15) is 0 Å². The zero-order valence-corrected chi connectivity index (χ0v) is 21.4. The Bertz CT molecular complexity index is 1120. The molecule has 1 aliphatic carbocycles. The van der Waals surface area contributed by atoms with Gasteiger partial charge in [0.05, 0.1) is 11.9 Å². The van der Waals surface area contributed by atoms with Crippen molar-refractivity contribution in [3.05, 3.63) is 64.7 Å². The molecule has 1 N–H and O–H groups in total. The quantitative estimate of drug-likeness (QED) is 0.560. The molecule has 34 heavy (non-hydrogen) atoms. The third kappa shape index (κ3) is 6.96.